The number of piperazine rings is 1. The monoisotopic (exact) mass is 373 g/mol. The number of nitrogens with zero attached hydrogens (tertiary/aromatic N) is 2. The van der Waals surface area contributed by atoms with E-state index in [0.717, 1.165) is 16.9 Å². The van der Waals surface area contributed by atoms with Crippen LogP contribution >= 0.6 is 0 Å². The Morgan fingerprint density at radius 3 is 2.41 bits per heavy atom. The molecule has 0 unspecified atom stereocenters. The van der Waals surface area contributed by atoms with Gasteiger partial charge in [0.25, 0.3) is 0 Å². The first-order chi connectivity index (χ1) is 12.3. The number of benzene rings is 1. The smallest absolute Gasteiger partial charge is 0.410 e. The molecule has 1 N–H and O–H groups in total. The summed E-state index contributed by atoms with van der Waals surface area (Å²) in [5.41, 5.74) is 1.72. The van der Waals surface area contributed by atoms with E-state index < -0.39 is 11.0 Å². The Hall–Kier alpha value is -2.24. The Morgan fingerprint density at radius 2 is 1.81 bits per heavy atom. The molecule has 0 spiro atoms. The number of ether oxygens (including phenoxy) is 1. The molecule has 0 aliphatic carbocycles. The van der Waals surface area contributed by atoms with Crippen molar-refractivity contribution >= 4 is 23.4 Å². The van der Waals surface area contributed by atoms with Gasteiger partial charge in [0, 0.05) is 31.0 Å². The number of fused-ring (bicyclic) bond motifs is 1. The maximum absolute atomic E-state index is 12.4. The molecule has 1 aromatic carbocycles. The number of carbonyl (C=O) groups is 2. The van der Waals surface area contributed by atoms with E-state index in [1.807, 2.05) is 46.8 Å². The molecule has 2 amide bonds. The fourth-order valence-corrected chi connectivity index (χ4v) is 3.87. The second kappa shape index (κ2) is 6.14. The van der Waals surface area contributed by atoms with Gasteiger partial charge in [-0.05, 0) is 66.2 Å². The van der Waals surface area contributed by atoms with Crippen LogP contribution in [-0.4, -0.2) is 47.7 Å². The fraction of sp³-hybridized carbons (Fsp3) is 0.619. The van der Waals surface area contributed by atoms with Crippen molar-refractivity contribution in [2.45, 2.75) is 65.0 Å². The van der Waals surface area contributed by atoms with E-state index in [9.17, 15) is 9.59 Å². The average molecular weight is 373 g/mol. The molecule has 0 saturated carbocycles. The van der Waals surface area contributed by atoms with E-state index in [1.54, 1.807) is 4.90 Å². The predicted molar refractivity (Wildman–Crippen MR) is 107 cm³/mol. The number of rotatable bonds is 1. The standard InChI is InChI=1S/C21H31N3O3/c1-19(2,3)27-18(26)23-10-11-24(20(4,5)13-23)14-8-9-15-16(12-14)22-17(25)21(15,6)7/h8-9,12H,10-11,13H2,1-7H3,(H,22,25). The highest BCUT2D eigenvalue weighted by Crippen LogP contribution is 2.40. The van der Waals surface area contributed by atoms with Gasteiger partial charge in [-0.2, -0.15) is 0 Å². The zero-order chi connectivity index (χ0) is 20.2. The molecule has 0 bridgehead atoms. The van der Waals surface area contributed by atoms with Gasteiger partial charge in [0.15, 0.2) is 0 Å². The van der Waals surface area contributed by atoms with Gasteiger partial charge in [0.2, 0.25) is 5.91 Å². The van der Waals surface area contributed by atoms with Gasteiger partial charge in [-0.3, -0.25) is 4.79 Å². The molecule has 6 heteroatoms. The summed E-state index contributed by atoms with van der Waals surface area (Å²) in [6, 6.07) is 6.16. The van der Waals surface area contributed by atoms with E-state index in [-0.39, 0.29) is 17.5 Å². The van der Waals surface area contributed by atoms with Crippen LogP contribution < -0.4 is 10.2 Å². The second-order valence-electron chi connectivity index (χ2n) is 9.67. The summed E-state index contributed by atoms with van der Waals surface area (Å²) in [5, 5.41) is 3.00. The Morgan fingerprint density at radius 1 is 1.15 bits per heavy atom. The van der Waals surface area contributed by atoms with Crippen LogP contribution in [0, 0.1) is 0 Å². The van der Waals surface area contributed by atoms with Gasteiger partial charge in [-0.1, -0.05) is 6.07 Å². The number of carbonyl (C=O) groups excluding carboxylic acids is 2. The summed E-state index contributed by atoms with van der Waals surface area (Å²) in [6.07, 6.45) is -0.266. The molecule has 2 aliphatic heterocycles. The molecular weight excluding hydrogens is 342 g/mol. The van der Waals surface area contributed by atoms with E-state index in [2.05, 4.69) is 30.1 Å². The Bertz CT molecular complexity index is 777. The van der Waals surface area contributed by atoms with Crippen molar-refractivity contribution in [3.8, 4) is 0 Å². The number of hydrogen-bond donors (Lipinski definition) is 1. The molecule has 2 aliphatic rings. The number of anilines is 2. The molecule has 0 aromatic heterocycles. The van der Waals surface area contributed by atoms with E-state index in [0.29, 0.717) is 19.6 Å². The summed E-state index contributed by atoms with van der Waals surface area (Å²) in [7, 11) is 0. The third kappa shape index (κ3) is 3.62. The van der Waals surface area contributed by atoms with Crippen LogP contribution in [0.25, 0.3) is 0 Å². The first kappa shape index (κ1) is 19.5. The lowest BCUT2D eigenvalue weighted by Crippen LogP contribution is -2.61. The van der Waals surface area contributed by atoms with Gasteiger partial charge in [0.1, 0.15) is 5.60 Å². The first-order valence-electron chi connectivity index (χ1n) is 9.53. The van der Waals surface area contributed by atoms with Crippen LogP contribution in [0.15, 0.2) is 18.2 Å². The lowest BCUT2D eigenvalue weighted by atomic mass is 9.86. The lowest BCUT2D eigenvalue weighted by Gasteiger charge is -2.48. The predicted octanol–water partition coefficient (Wildman–Crippen LogP) is 3.75. The fourth-order valence-electron chi connectivity index (χ4n) is 3.87. The van der Waals surface area contributed by atoms with Gasteiger partial charge in [0.05, 0.1) is 11.0 Å². The largest absolute Gasteiger partial charge is 0.444 e. The van der Waals surface area contributed by atoms with Crippen molar-refractivity contribution in [2.24, 2.45) is 0 Å². The molecule has 1 aromatic rings. The van der Waals surface area contributed by atoms with Crippen molar-refractivity contribution in [1.29, 1.82) is 0 Å². The normalized spacial score (nSPS) is 20.9. The summed E-state index contributed by atoms with van der Waals surface area (Å²) in [6.45, 7) is 15.7. The third-order valence-corrected chi connectivity index (χ3v) is 5.36. The lowest BCUT2D eigenvalue weighted by molar-refractivity contribution is -0.119. The second-order valence-corrected chi connectivity index (χ2v) is 9.67. The molecule has 1 fully saturated rings. The molecule has 148 valence electrons. The van der Waals surface area contributed by atoms with Crippen LogP contribution in [0.4, 0.5) is 16.2 Å². The minimum Gasteiger partial charge on any atom is -0.444 e. The summed E-state index contributed by atoms with van der Waals surface area (Å²) in [5.74, 6) is 0.0312. The van der Waals surface area contributed by atoms with Crippen molar-refractivity contribution in [2.75, 3.05) is 29.9 Å². The summed E-state index contributed by atoms with van der Waals surface area (Å²) >= 11 is 0. The zero-order valence-corrected chi connectivity index (χ0v) is 17.5. The molecule has 6 nitrogen and oxygen atoms in total. The first-order valence-corrected chi connectivity index (χ1v) is 9.53. The maximum atomic E-state index is 12.4. The summed E-state index contributed by atoms with van der Waals surface area (Å²) in [4.78, 5) is 28.7. The topological polar surface area (TPSA) is 61.9 Å². The average Bonchev–Trinajstić information content (AvgIpc) is 2.73. The SMILES string of the molecule is CC(C)(C)OC(=O)N1CCN(c2ccc3c(c2)NC(=O)C3(C)C)C(C)(C)C1. The molecular formula is C21H31N3O3. The zero-order valence-electron chi connectivity index (χ0n) is 17.5. The van der Waals surface area contributed by atoms with Crippen molar-refractivity contribution in [1.82, 2.24) is 4.90 Å². The van der Waals surface area contributed by atoms with Crippen molar-refractivity contribution in [3.63, 3.8) is 0 Å². The molecule has 0 radical (unpaired) electrons. The minimum atomic E-state index is -0.501. The van der Waals surface area contributed by atoms with Crippen LogP contribution in [0.3, 0.4) is 0 Å². The van der Waals surface area contributed by atoms with Crippen LogP contribution in [0.1, 0.15) is 54.0 Å². The quantitative estimate of drug-likeness (QED) is 0.814. The van der Waals surface area contributed by atoms with Crippen LogP contribution in [0.5, 0.6) is 0 Å². The van der Waals surface area contributed by atoms with Crippen LogP contribution in [-0.2, 0) is 14.9 Å². The van der Waals surface area contributed by atoms with Crippen LogP contribution in [0.2, 0.25) is 0 Å². The van der Waals surface area contributed by atoms with E-state index in [4.69, 9.17) is 4.74 Å². The van der Waals surface area contributed by atoms with Crippen molar-refractivity contribution in [3.05, 3.63) is 23.8 Å². The van der Waals surface area contributed by atoms with Gasteiger partial charge >= 0.3 is 6.09 Å². The summed E-state index contributed by atoms with van der Waals surface area (Å²) < 4.78 is 5.53. The highest BCUT2D eigenvalue weighted by molar-refractivity contribution is 6.06. The van der Waals surface area contributed by atoms with E-state index >= 15 is 0 Å². The molecule has 27 heavy (non-hydrogen) atoms. The van der Waals surface area contributed by atoms with Crippen molar-refractivity contribution < 1.29 is 14.3 Å². The third-order valence-electron chi connectivity index (χ3n) is 5.36. The van der Waals surface area contributed by atoms with Gasteiger partial charge in [-0.25, -0.2) is 4.79 Å². The Kier molecular flexibility index (Phi) is 4.44. The minimum absolute atomic E-state index is 0.0312. The Labute approximate surface area is 161 Å². The molecule has 3 rings (SSSR count). The number of hydrogen-bond acceptors (Lipinski definition) is 4. The highest BCUT2D eigenvalue weighted by Gasteiger charge is 2.40. The molecule has 2 heterocycles. The van der Waals surface area contributed by atoms with Gasteiger partial charge < -0.3 is 19.9 Å². The maximum Gasteiger partial charge on any atom is 0.410 e. The molecule has 1 saturated heterocycles. The van der Waals surface area contributed by atoms with E-state index in [1.165, 1.54) is 0 Å². The number of nitrogens with one attached hydrogen (secondary N) is 1. The Balaban J connectivity index is 1.79. The number of amides is 2. The molecule has 0 atom stereocenters. The highest BCUT2D eigenvalue weighted by atomic mass is 16.6. The van der Waals surface area contributed by atoms with Gasteiger partial charge in [-0.15, -0.1) is 0 Å².